The Bertz CT molecular complexity index is 493. The average molecular weight is 247 g/mol. The minimum absolute atomic E-state index is 0.203. The Balaban J connectivity index is 2.11. The summed E-state index contributed by atoms with van der Waals surface area (Å²) < 4.78 is 0. The zero-order valence-electron chi connectivity index (χ0n) is 10.4. The molecule has 0 bridgehead atoms. The number of hydrogen-bond donors (Lipinski definition) is 1. The van der Waals surface area contributed by atoms with Crippen LogP contribution in [0.3, 0.4) is 0 Å². The number of aryl methyl sites for hydroxylation is 2. The molecule has 0 saturated heterocycles. The molecule has 0 spiro atoms. The molecule has 0 radical (unpaired) electrons. The molecule has 3 nitrogen and oxygen atoms in total. The van der Waals surface area contributed by atoms with Crippen LogP contribution in [0, 0.1) is 6.92 Å². The van der Waals surface area contributed by atoms with Gasteiger partial charge in [0.2, 0.25) is 0 Å². The van der Waals surface area contributed by atoms with Crippen LogP contribution in [0.1, 0.15) is 35.3 Å². The Labute approximate surface area is 106 Å². The summed E-state index contributed by atoms with van der Waals surface area (Å²) in [5, 5.41) is 4.52. The van der Waals surface area contributed by atoms with Gasteiger partial charge in [0.25, 0.3) is 0 Å². The molecule has 4 heteroatoms. The van der Waals surface area contributed by atoms with E-state index in [1.807, 2.05) is 12.3 Å². The Morgan fingerprint density at radius 1 is 1.41 bits per heavy atom. The van der Waals surface area contributed by atoms with Crippen LogP contribution in [0.15, 0.2) is 24.5 Å². The van der Waals surface area contributed by atoms with E-state index in [0.717, 1.165) is 22.8 Å². The normalized spacial score (nSPS) is 12.4. The van der Waals surface area contributed by atoms with Gasteiger partial charge < -0.3 is 5.32 Å². The van der Waals surface area contributed by atoms with Gasteiger partial charge in [0.15, 0.2) is 0 Å². The molecule has 2 rings (SSSR count). The second-order valence-electron chi connectivity index (χ2n) is 4.05. The van der Waals surface area contributed by atoms with Crippen molar-refractivity contribution >= 4 is 17.2 Å². The van der Waals surface area contributed by atoms with Gasteiger partial charge in [-0.3, -0.25) is 0 Å². The SMILES string of the molecule is CCc1cnc(C(C)Nc2ncccc2C)s1. The summed E-state index contributed by atoms with van der Waals surface area (Å²) >= 11 is 1.76. The third-order valence-corrected chi connectivity index (χ3v) is 3.98. The summed E-state index contributed by atoms with van der Waals surface area (Å²) in [5.74, 6) is 0.938. The van der Waals surface area contributed by atoms with Gasteiger partial charge in [0.1, 0.15) is 10.8 Å². The maximum absolute atomic E-state index is 4.44. The standard InChI is InChI=1S/C13H17N3S/c1-4-11-8-15-13(17-11)10(3)16-12-9(2)6-5-7-14-12/h5-8,10H,4H2,1-3H3,(H,14,16). The molecule has 0 fully saturated rings. The number of anilines is 1. The highest BCUT2D eigenvalue weighted by Crippen LogP contribution is 2.24. The second-order valence-corrected chi connectivity index (χ2v) is 5.20. The Kier molecular flexibility index (Phi) is 3.74. The van der Waals surface area contributed by atoms with E-state index in [1.54, 1.807) is 17.5 Å². The number of nitrogens with zero attached hydrogens (tertiary/aromatic N) is 2. The van der Waals surface area contributed by atoms with Crippen LogP contribution < -0.4 is 5.32 Å². The summed E-state index contributed by atoms with van der Waals surface area (Å²) in [4.78, 5) is 10.1. The number of rotatable bonds is 4. The number of nitrogens with one attached hydrogen (secondary N) is 1. The molecule has 0 aliphatic carbocycles. The lowest BCUT2D eigenvalue weighted by atomic mass is 10.2. The molecule has 0 amide bonds. The highest BCUT2D eigenvalue weighted by Gasteiger charge is 2.11. The van der Waals surface area contributed by atoms with Gasteiger partial charge in [-0.2, -0.15) is 0 Å². The fraction of sp³-hybridized carbons (Fsp3) is 0.385. The predicted octanol–water partition coefficient (Wildman–Crippen LogP) is 3.58. The molecular formula is C13H17N3S. The molecule has 90 valence electrons. The van der Waals surface area contributed by atoms with Gasteiger partial charge in [-0.05, 0) is 31.9 Å². The monoisotopic (exact) mass is 247 g/mol. The third kappa shape index (κ3) is 2.82. The van der Waals surface area contributed by atoms with Gasteiger partial charge in [-0.15, -0.1) is 11.3 Å². The first-order chi connectivity index (χ1) is 8.20. The van der Waals surface area contributed by atoms with Gasteiger partial charge >= 0.3 is 0 Å². The maximum Gasteiger partial charge on any atom is 0.129 e. The van der Waals surface area contributed by atoms with Crippen molar-refractivity contribution in [1.29, 1.82) is 0 Å². The minimum atomic E-state index is 0.203. The Morgan fingerprint density at radius 2 is 2.24 bits per heavy atom. The topological polar surface area (TPSA) is 37.8 Å². The van der Waals surface area contributed by atoms with Crippen molar-refractivity contribution < 1.29 is 0 Å². The highest BCUT2D eigenvalue weighted by atomic mass is 32.1. The number of thiazole rings is 1. The zero-order chi connectivity index (χ0) is 12.3. The van der Waals surface area contributed by atoms with Crippen LogP contribution in [-0.4, -0.2) is 9.97 Å². The van der Waals surface area contributed by atoms with E-state index in [1.165, 1.54) is 4.88 Å². The van der Waals surface area contributed by atoms with Crippen LogP contribution in [0.5, 0.6) is 0 Å². The van der Waals surface area contributed by atoms with E-state index >= 15 is 0 Å². The molecule has 0 aromatic carbocycles. The van der Waals surface area contributed by atoms with Crippen molar-refractivity contribution in [2.75, 3.05) is 5.32 Å². The van der Waals surface area contributed by atoms with Gasteiger partial charge in [0.05, 0.1) is 6.04 Å². The van der Waals surface area contributed by atoms with E-state index in [-0.39, 0.29) is 6.04 Å². The van der Waals surface area contributed by atoms with Crippen molar-refractivity contribution in [3.8, 4) is 0 Å². The molecule has 2 aromatic rings. The van der Waals surface area contributed by atoms with Crippen LogP contribution in [0.4, 0.5) is 5.82 Å². The number of pyridine rings is 1. The maximum atomic E-state index is 4.44. The van der Waals surface area contributed by atoms with Crippen molar-refractivity contribution in [2.24, 2.45) is 0 Å². The van der Waals surface area contributed by atoms with E-state index in [0.29, 0.717) is 0 Å². The molecule has 1 unspecified atom stereocenters. The fourth-order valence-electron chi connectivity index (χ4n) is 1.59. The van der Waals surface area contributed by atoms with E-state index < -0.39 is 0 Å². The smallest absolute Gasteiger partial charge is 0.129 e. The lowest BCUT2D eigenvalue weighted by molar-refractivity contribution is 0.858. The summed E-state index contributed by atoms with van der Waals surface area (Å²) in [7, 11) is 0. The summed E-state index contributed by atoms with van der Waals surface area (Å²) in [6, 6.07) is 4.21. The van der Waals surface area contributed by atoms with Crippen LogP contribution in [0.2, 0.25) is 0 Å². The highest BCUT2D eigenvalue weighted by molar-refractivity contribution is 7.11. The van der Waals surface area contributed by atoms with Crippen LogP contribution in [-0.2, 0) is 6.42 Å². The number of hydrogen-bond acceptors (Lipinski definition) is 4. The molecule has 0 aliphatic heterocycles. The Morgan fingerprint density at radius 3 is 2.88 bits per heavy atom. The molecule has 17 heavy (non-hydrogen) atoms. The largest absolute Gasteiger partial charge is 0.361 e. The average Bonchev–Trinajstić information content (AvgIpc) is 2.81. The van der Waals surface area contributed by atoms with Crippen molar-refractivity contribution in [2.45, 2.75) is 33.2 Å². The molecule has 1 N–H and O–H groups in total. The summed E-state index contributed by atoms with van der Waals surface area (Å²) in [5.41, 5.74) is 1.16. The predicted molar refractivity (Wildman–Crippen MR) is 72.5 cm³/mol. The molecule has 0 aliphatic rings. The molecule has 2 aromatic heterocycles. The fourth-order valence-corrected chi connectivity index (χ4v) is 2.45. The summed E-state index contributed by atoms with van der Waals surface area (Å²) in [6.45, 7) is 6.33. The quantitative estimate of drug-likeness (QED) is 0.897. The molecule has 0 saturated carbocycles. The minimum Gasteiger partial charge on any atom is -0.361 e. The van der Waals surface area contributed by atoms with Gasteiger partial charge in [-0.25, -0.2) is 9.97 Å². The first kappa shape index (κ1) is 12.0. The summed E-state index contributed by atoms with van der Waals surface area (Å²) in [6.07, 6.45) is 4.82. The Hall–Kier alpha value is -1.42. The van der Waals surface area contributed by atoms with Crippen molar-refractivity contribution in [3.05, 3.63) is 40.0 Å². The van der Waals surface area contributed by atoms with Gasteiger partial charge in [0, 0.05) is 17.3 Å². The lowest BCUT2D eigenvalue weighted by Crippen LogP contribution is -2.08. The van der Waals surface area contributed by atoms with E-state index in [2.05, 4.69) is 42.1 Å². The lowest BCUT2D eigenvalue weighted by Gasteiger charge is -2.13. The first-order valence-corrected chi connectivity index (χ1v) is 6.65. The molecule has 2 heterocycles. The van der Waals surface area contributed by atoms with Crippen molar-refractivity contribution in [1.82, 2.24) is 9.97 Å². The zero-order valence-corrected chi connectivity index (χ0v) is 11.2. The van der Waals surface area contributed by atoms with Crippen LogP contribution in [0.25, 0.3) is 0 Å². The van der Waals surface area contributed by atoms with E-state index in [9.17, 15) is 0 Å². The van der Waals surface area contributed by atoms with Crippen molar-refractivity contribution in [3.63, 3.8) is 0 Å². The molecular weight excluding hydrogens is 230 g/mol. The van der Waals surface area contributed by atoms with Crippen LogP contribution >= 0.6 is 11.3 Å². The van der Waals surface area contributed by atoms with E-state index in [4.69, 9.17) is 0 Å². The molecule has 1 atom stereocenters. The second kappa shape index (κ2) is 5.27. The van der Waals surface area contributed by atoms with Gasteiger partial charge in [-0.1, -0.05) is 13.0 Å². The third-order valence-electron chi connectivity index (χ3n) is 2.65. The number of aromatic nitrogens is 2. The first-order valence-electron chi connectivity index (χ1n) is 5.83.